The predicted octanol–water partition coefficient (Wildman–Crippen LogP) is 2.47. The van der Waals surface area contributed by atoms with Crippen LogP contribution in [0, 0.1) is 0 Å². The molecule has 1 aromatic carbocycles. The van der Waals surface area contributed by atoms with Gasteiger partial charge < -0.3 is 15.0 Å². The Balaban J connectivity index is 1.67. The van der Waals surface area contributed by atoms with E-state index in [1.165, 1.54) is 11.3 Å². The molecule has 0 radical (unpaired) electrons. The van der Waals surface area contributed by atoms with E-state index in [2.05, 4.69) is 5.32 Å². The quantitative estimate of drug-likeness (QED) is 0.927. The van der Waals surface area contributed by atoms with Gasteiger partial charge in [0.15, 0.2) is 0 Å². The third kappa shape index (κ3) is 3.83. The molecule has 0 aliphatic carbocycles. The summed E-state index contributed by atoms with van der Waals surface area (Å²) in [5.74, 6) is -0.306. The summed E-state index contributed by atoms with van der Waals surface area (Å²) in [6.45, 7) is 2.93. The molecule has 0 spiro atoms. The highest BCUT2D eigenvalue weighted by Gasteiger charge is 2.31. The average Bonchev–Trinajstić information content (AvgIpc) is 3.15. The Kier molecular flexibility index (Phi) is 5.27. The van der Waals surface area contributed by atoms with Gasteiger partial charge in [-0.3, -0.25) is 9.59 Å². The van der Waals surface area contributed by atoms with Gasteiger partial charge in [-0.05, 0) is 23.9 Å². The van der Waals surface area contributed by atoms with Crippen LogP contribution in [0.25, 0.3) is 0 Å². The Bertz CT molecular complexity index is 688. The molecule has 1 saturated heterocycles. The minimum absolute atomic E-state index is 0.00716. The van der Waals surface area contributed by atoms with Gasteiger partial charge >= 0.3 is 0 Å². The highest BCUT2D eigenvalue weighted by Crippen LogP contribution is 2.26. The first-order valence-electron chi connectivity index (χ1n) is 7.93. The molecule has 1 aliphatic heterocycles. The van der Waals surface area contributed by atoms with Crippen molar-refractivity contribution < 1.29 is 14.3 Å². The fraction of sp³-hybridized carbons (Fsp3) is 0.333. The number of hydrogen-bond donors (Lipinski definition) is 1. The molecule has 5 nitrogen and oxygen atoms in total. The van der Waals surface area contributed by atoms with E-state index in [4.69, 9.17) is 4.74 Å². The molecule has 3 rings (SSSR count). The molecule has 6 heteroatoms. The Labute approximate surface area is 145 Å². The zero-order chi connectivity index (χ0) is 16.9. The lowest BCUT2D eigenvalue weighted by Gasteiger charge is -2.39. The SMILES string of the molecule is C[C@@H]1CN(C(=O)CNC(=O)c2cccs2)[C@H](c2ccccc2)CO1. The molecule has 1 aromatic heterocycles. The maximum Gasteiger partial charge on any atom is 0.261 e. The Morgan fingerprint density at radius 2 is 2.04 bits per heavy atom. The van der Waals surface area contributed by atoms with Gasteiger partial charge in [0.25, 0.3) is 5.91 Å². The van der Waals surface area contributed by atoms with E-state index in [1.54, 1.807) is 11.0 Å². The molecular weight excluding hydrogens is 324 g/mol. The van der Waals surface area contributed by atoms with Gasteiger partial charge in [0.05, 0.1) is 30.2 Å². The van der Waals surface area contributed by atoms with Crippen LogP contribution in [0.1, 0.15) is 28.2 Å². The van der Waals surface area contributed by atoms with Crippen molar-refractivity contribution in [3.05, 3.63) is 58.3 Å². The largest absolute Gasteiger partial charge is 0.374 e. The van der Waals surface area contributed by atoms with E-state index < -0.39 is 0 Å². The van der Waals surface area contributed by atoms with Gasteiger partial charge in [-0.1, -0.05) is 36.4 Å². The van der Waals surface area contributed by atoms with Crippen molar-refractivity contribution in [3.63, 3.8) is 0 Å². The molecule has 2 amide bonds. The Morgan fingerprint density at radius 1 is 1.25 bits per heavy atom. The van der Waals surface area contributed by atoms with Crippen molar-refractivity contribution in [3.8, 4) is 0 Å². The van der Waals surface area contributed by atoms with Crippen molar-refractivity contribution in [1.82, 2.24) is 10.2 Å². The fourth-order valence-corrected chi connectivity index (χ4v) is 3.42. The average molecular weight is 344 g/mol. The molecule has 1 fully saturated rings. The van der Waals surface area contributed by atoms with E-state index >= 15 is 0 Å². The van der Waals surface area contributed by atoms with Crippen molar-refractivity contribution in [2.75, 3.05) is 19.7 Å². The van der Waals surface area contributed by atoms with E-state index in [9.17, 15) is 9.59 Å². The zero-order valence-corrected chi connectivity index (χ0v) is 14.3. The molecule has 1 N–H and O–H groups in total. The van der Waals surface area contributed by atoms with Crippen LogP contribution >= 0.6 is 11.3 Å². The first kappa shape index (κ1) is 16.7. The predicted molar refractivity (Wildman–Crippen MR) is 93.0 cm³/mol. The number of benzene rings is 1. The van der Waals surface area contributed by atoms with Crippen LogP contribution in [0.4, 0.5) is 0 Å². The van der Waals surface area contributed by atoms with Crippen LogP contribution in [0.15, 0.2) is 47.8 Å². The number of carbonyl (C=O) groups is 2. The van der Waals surface area contributed by atoms with Crippen LogP contribution in [0.3, 0.4) is 0 Å². The smallest absolute Gasteiger partial charge is 0.261 e. The molecule has 0 saturated carbocycles. The lowest BCUT2D eigenvalue weighted by atomic mass is 10.0. The number of ether oxygens (including phenoxy) is 1. The van der Waals surface area contributed by atoms with Crippen molar-refractivity contribution in [2.45, 2.75) is 19.1 Å². The highest BCUT2D eigenvalue weighted by molar-refractivity contribution is 7.12. The maximum absolute atomic E-state index is 12.7. The standard InChI is InChI=1S/C18H20N2O3S/c1-13-11-20(15(12-23-13)14-6-3-2-4-7-14)17(21)10-19-18(22)16-8-5-9-24-16/h2-9,13,15H,10-12H2,1H3,(H,19,22)/t13-,15+/m1/s1. The molecule has 126 valence electrons. The number of hydrogen-bond acceptors (Lipinski definition) is 4. The summed E-state index contributed by atoms with van der Waals surface area (Å²) in [6, 6.07) is 13.3. The molecule has 24 heavy (non-hydrogen) atoms. The van der Waals surface area contributed by atoms with Crippen LogP contribution in [0.2, 0.25) is 0 Å². The second-order valence-electron chi connectivity index (χ2n) is 5.78. The van der Waals surface area contributed by atoms with E-state index in [0.29, 0.717) is 18.0 Å². The minimum atomic E-state index is -0.212. The molecular formula is C18H20N2O3S. The monoisotopic (exact) mass is 344 g/mol. The Hall–Kier alpha value is -2.18. The van der Waals surface area contributed by atoms with Gasteiger partial charge in [-0.25, -0.2) is 0 Å². The molecule has 0 bridgehead atoms. The van der Waals surface area contributed by atoms with Gasteiger partial charge in [-0.2, -0.15) is 0 Å². The summed E-state index contributed by atoms with van der Waals surface area (Å²) in [6.07, 6.45) is -0.0121. The molecule has 2 aromatic rings. The Morgan fingerprint density at radius 3 is 2.75 bits per heavy atom. The normalized spacial score (nSPS) is 20.6. The van der Waals surface area contributed by atoms with Crippen LogP contribution in [0.5, 0.6) is 0 Å². The number of amides is 2. The van der Waals surface area contributed by atoms with E-state index in [0.717, 1.165) is 5.56 Å². The topological polar surface area (TPSA) is 58.6 Å². The van der Waals surface area contributed by atoms with Gasteiger partial charge in [0.2, 0.25) is 5.91 Å². The fourth-order valence-electron chi connectivity index (χ4n) is 2.78. The number of thiophene rings is 1. The molecule has 2 atom stereocenters. The van der Waals surface area contributed by atoms with Crippen molar-refractivity contribution in [2.24, 2.45) is 0 Å². The summed E-state index contributed by atoms with van der Waals surface area (Å²) >= 11 is 1.36. The minimum Gasteiger partial charge on any atom is -0.374 e. The summed E-state index contributed by atoms with van der Waals surface area (Å²) < 4.78 is 5.73. The molecule has 0 unspecified atom stereocenters. The van der Waals surface area contributed by atoms with Crippen LogP contribution < -0.4 is 5.32 Å². The number of nitrogens with one attached hydrogen (secondary N) is 1. The summed E-state index contributed by atoms with van der Waals surface area (Å²) in [5, 5.41) is 4.55. The lowest BCUT2D eigenvalue weighted by Crippen LogP contribution is -2.50. The number of carbonyl (C=O) groups excluding carboxylic acids is 2. The summed E-state index contributed by atoms with van der Waals surface area (Å²) in [4.78, 5) is 27.1. The number of nitrogens with zero attached hydrogens (tertiary/aromatic N) is 1. The second kappa shape index (κ2) is 7.59. The van der Waals surface area contributed by atoms with Crippen LogP contribution in [-0.4, -0.2) is 42.5 Å². The van der Waals surface area contributed by atoms with Crippen LogP contribution in [-0.2, 0) is 9.53 Å². The van der Waals surface area contributed by atoms with Gasteiger partial charge in [0, 0.05) is 6.54 Å². The van der Waals surface area contributed by atoms with E-state index in [-0.39, 0.29) is 30.5 Å². The zero-order valence-electron chi connectivity index (χ0n) is 13.5. The van der Waals surface area contributed by atoms with Crippen molar-refractivity contribution in [1.29, 1.82) is 0 Å². The number of morpholine rings is 1. The van der Waals surface area contributed by atoms with Gasteiger partial charge in [0.1, 0.15) is 0 Å². The highest BCUT2D eigenvalue weighted by atomic mass is 32.1. The third-order valence-electron chi connectivity index (χ3n) is 4.02. The summed E-state index contributed by atoms with van der Waals surface area (Å²) in [7, 11) is 0. The second-order valence-corrected chi connectivity index (χ2v) is 6.72. The van der Waals surface area contributed by atoms with E-state index in [1.807, 2.05) is 48.7 Å². The lowest BCUT2D eigenvalue weighted by molar-refractivity contribution is -0.143. The summed E-state index contributed by atoms with van der Waals surface area (Å²) in [5.41, 5.74) is 1.04. The maximum atomic E-state index is 12.7. The molecule has 1 aliphatic rings. The number of rotatable bonds is 4. The first-order valence-corrected chi connectivity index (χ1v) is 8.81. The third-order valence-corrected chi connectivity index (χ3v) is 4.89. The first-order chi connectivity index (χ1) is 11.6. The molecule has 2 heterocycles. The van der Waals surface area contributed by atoms with Crippen molar-refractivity contribution >= 4 is 23.2 Å². The van der Waals surface area contributed by atoms with Gasteiger partial charge in [-0.15, -0.1) is 11.3 Å².